The number of amides is 1. The van der Waals surface area contributed by atoms with E-state index < -0.39 is 5.60 Å². The Labute approximate surface area is 181 Å². The fourth-order valence-electron chi connectivity index (χ4n) is 6.18. The molecule has 0 saturated heterocycles. The minimum Gasteiger partial charge on any atom is -0.390 e. The molecule has 3 unspecified atom stereocenters. The highest BCUT2D eigenvalue weighted by atomic mass is 16.5. The van der Waals surface area contributed by atoms with Gasteiger partial charge in [-0.1, -0.05) is 0 Å². The van der Waals surface area contributed by atoms with Crippen LogP contribution in [0.5, 0.6) is 0 Å². The number of methoxy groups -OCH3 is 1. The highest BCUT2D eigenvalue weighted by Crippen LogP contribution is 2.55. The number of nitrogens with zero attached hydrogens (tertiary/aromatic N) is 4. The summed E-state index contributed by atoms with van der Waals surface area (Å²) in [6.45, 7) is 2.03. The standard InChI is InChI=1S/C22H31N5O4/c1-30-7-8-31-6-5-27-21(26-4-2-3-23-26)18(14-24-27)20(28)25-19-16-9-15-10-17(19)13-22(29,11-15)12-16/h2-4,14-17,19,29H,5-13H2,1H3,(H,25,28)/t15?,16-,17+,19?,22?. The summed E-state index contributed by atoms with van der Waals surface area (Å²) in [7, 11) is 1.64. The van der Waals surface area contributed by atoms with Gasteiger partial charge in [-0.25, -0.2) is 9.36 Å². The molecule has 9 heteroatoms. The van der Waals surface area contributed by atoms with Crippen LogP contribution in [0, 0.1) is 17.8 Å². The zero-order chi connectivity index (χ0) is 21.4. The summed E-state index contributed by atoms with van der Waals surface area (Å²) in [6.07, 6.45) is 9.86. The predicted octanol–water partition coefficient (Wildman–Crippen LogP) is 1.40. The summed E-state index contributed by atoms with van der Waals surface area (Å²) in [5, 5.41) is 22.9. The van der Waals surface area contributed by atoms with Gasteiger partial charge in [0, 0.05) is 25.5 Å². The van der Waals surface area contributed by atoms with Crippen molar-refractivity contribution in [2.45, 2.75) is 50.3 Å². The zero-order valence-corrected chi connectivity index (χ0v) is 17.9. The molecule has 31 heavy (non-hydrogen) atoms. The van der Waals surface area contributed by atoms with Crippen molar-refractivity contribution >= 4 is 5.91 Å². The normalized spacial score (nSPS) is 31.3. The number of hydrogen-bond donors (Lipinski definition) is 2. The molecule has 4 bridgehead atoms. The maximum absolute atomic E-state index is 13.3. The Balaban J connectivity index is 1.32. The van der Waals surface area contributed by atoms with Crippen LogP contribution in [0.1, 0.15) is 42.5 Å². The predicted molar refractivity (Wildman–Crippen MR) is 112 cm³/mol. The fourth-order valence-corrected chi connectivity index (χ4v) is 6.18. The number of rotatable bonds is 9. The summed E-state index contributed by atoms with van der Waals surface area (Å²) >= 11 is 0. The lowest BCUT2D eigenvalue weighted by molar-refractivity contribution is -0.136. The lowest BCUT2D eigenvalue weighted by Crippen LogP contribution is -2.61. The first kappa shape index (κ1) is 20.7. The number of aromatic nitrogens is 4. The molecule has 0 aliphatic heterocycles. The van der Waals surface area contributed by atoms with E-state index in [9.17, 15) is 9.90 Å². The molecule has 4 aliphatic carbocycles. The number of carbonyl (C=O) groups is 1. The van der Waals surface area contributed by atoms with Crippen molar-refractivity contribution in [1.82, 2.24) is 24.9 Å². The molecule has 2 aromatic rings. The van der Waals surface area contributed by atoms with E-state index in [1.54, 1.807) is 28.9 Å². The lowest BCUT2D eigenvalue weighted by atomic mass is 9.52. The van der Waals surface area contributed by atoms with Gasteiger partial charge in [-0.05, 0) is 55.9 Å². The fraction of sp³-hybridized carbons (Fsp3) is 0.682. The quantitative estimate of drug-likeness (QED) is 0.584. The maximum atomic E-state index is 13.3. The molecule has 9 nitrogen and oxygen atoms in total. The maximum Gasteiger partial charge on any atom is 0.256 e. The Bertz CT molecular complexity index is 895. The zero-order valence-electron chi connectivity index (χ0n) is 17.9. The van der Waals surface area contributed by atoms with E-state index in [0.29, 0.717) is 55.5 Å². The molecule has 4 aliphatic rings. The molecule has 2 N–H and O–H groups in total. The third-order valence-electron chi connectivity index (χ3n) is 7.20. The van der Waals surface area contributed by atoms with Gasteiger partial charge < -0.3 is 19.9 Å². The van der Waals surface area contributed by atoms with Crippen LogP contribution in [0.25, 0.3) is 5.82 Å². The average molecular weight is 430 g/mol. The lowest BCUT2D eigenvalue weighted by Gasteiger charge is -2.58. The van der Waals surface area contributed by atoms with Gasteiger partial charge in [-0.15, -0.1) is 0 Å². The number of ether oxygens (including phenoxy) is 2. The third-order valence-corrected chi connectivity index (χ3v) is 7.20. The van der Waals surface area contributed by atoms with Crippen molar-refractivity contribution < 1.29 is 19.4 Å². The summed E-state index contributed by atoms with van der Waals surface area (Å²) in [5.74, 6) is 1.84. The van der Waals surface area contributed by atoms with E-state index in [0.717, 1.165) is 32.1 Å². The van der Waals surface area contributed by atoms with E-state index >= 15 is 0 Å². The largest absolute Gasteiger partial charge is 0.390 e. The molecule has 2 heterocycles. The Hall–Kier alpha value is -2.23. The first-order valence-corrected chi connectivity index (χ1v) is 11.2. The molecule has 6 rings (SSSR count). The van der Waals surface area contributed by atoms with Gasteiger partial charge in [0.05, 0.1) is 38.2 Å². The molecular formula is C22H31N5O4. The van der Waals surface area contributed by atoms with Crippen LogP contribution < -0.4 is 5.32 Å². The Morgan fingerprint density at radius 3 is 2.71 bits per heavy atom. The minimum atomic E-state index is -0.508. The van der Waals surface area contributed by atoms with Crippen molar-refractivity contribution in [3.8, 4) is 5.82 Å². The topological polar surface area (TPSA) is 103 Å². The molecule has 0 spiro atoms. The van der Waals surface area contributed by atoms with Gasteiger partial charge >= 0.3 is 0 Å². The highest BCUT2D eigenvalue weighted by molar-refractivity contribution is 5.97. The Morgan fingerprint density at radius 1 is 1.23 bits per heavy atom. The number of carbonyl (C=O) groups excluding carboxylic acids is 1. The summed E-state index contributed by atoms with van der Waals surface area (Å²) in [5.41, 5.74) is -0.000777. The van der Waals surface area contributed by atoms with E-state index in [1.165, 1.54) is 0 Å². The number of nitrogens with one attached hydrogen (secondary N) is 1. The molecule has 2 aromatic heterocycles. The highest BCUT2D eigenvalue weighted by Gasteiger charge is 2.55. The molecule has 0 radical (unpaired) electrons. The van der Waals surface area contributed by atoms with Crippen LogP contribution in [0.4, 0.5) is 0 Å². The van der Waals surface area contributed by atoms with Gasteiger partial charge in [-0.3, -0.25) is 4.79 Å². The van der Waals surface area contributed by atoms with Gasteiger partial charge in [0.25, 0.3) is 5.91 Å². The van der Waals surface area contributed by atoms with Crippen molar-refractivity contribution in [2.75, 3.05) is 26.9 Å². The van der Waals surface area contributed by atoms with Crippen LogP contribution in [-0.2, 0) is 16.0 Å². The van der Waals surface area contributed by atoms with Crippen LogP contribution in [0.15, 0.2) is 24.7 Å². The molecule has 1 amide bonds. The second kappa shape index (κ2) is 8.37. The Kier molecular flexibility index (Phi) is 5.58. The van der Waals surface area contributed by atoms with E-state index in [1.807, 2.05) is 12.3 Å². The van der Waals surface area contributed by atoms with Crippen LogP contribution in [0.2, 0.25) is 0 Å². The number of hydrogen-bond acceptors (Lipinski definition) is 6. The molecule has 4 fully saturated rings. The van der Waals surface area contributed by atoms with E-state index in [2.05, 4.69) is 15.5 Å². The second-order valence-corrected chi connectivity index (χ2v) is 9.35. The number of aliphatic hydroxyl groups is 1. The Morgan fingerprint density at radius 2 is 2.03 bits per heavy atom. The third kappa shape index (κ3) is 4.02. The first-order chi connectivity index (χ1) is 15.1. The van der Waals surface area contributed by atoms with Crippen LogP contribution >= 0.6 is 0 Å². The van der Waals surface area contributed by atoms with E-state index in [-0.39, 0.29) is 11.9 Å². The molecule has 0 aromatic carbocycles. The van der Waals surface area contributed by atoms with Crippen LogP contribution in [0.3, 0.4) is 0 Å². The van der Waals surface area contributed by atoms with Crippen molar-refractivity contribution in [3.63, 3.8) is 0 Å². The van der Waals surface area contributed by atoms with Gasteiger partial charge in [0.2, 0.25) is 0 Å². The van der Waals surface area contributed by atoms with Crippen molar-refractivity contribution in [1.29, 1.82) is 0 Å². The van der Waals surface area contributed by atoms with Crippen molar-refractivity contribution in [3.05, 3.63) is 30.2 Å². The van der Waals surface area contributed by atoms with Crippen molar-refractivity contribution in [2.24, 2.45) is 17.8 Å². The van der Waals surface area contributed by atoms with Gasteiger partial charge in [-0.2, -0.15) is 10.2 Å². The summed E-state index contributed by atoms with van der Waals surface area (Å²) in [4.78, 5) is 13.3. The monoisotopic (exact) mass is 429 g/mol. The second-order valence-electron chi connectivity index (χ2n) is 9.35. The van der Waals surface area contributed by atoms with E-state index in [4.69, 9.17) is 9.47 Å². The molecular weight excluding hydrogens is 398 g/mol. The smallest absolute Gasteiger partial charge is 0.256 e. The minimum absolute atomic E-state index is 0.121. The summed E-state index contributed by atoms with van der Waals surface area (Å²) in [6, 6.07) is 1.95. The molecule has 4 saturated carbocycles. The molecule has 168 valence electrons. The van der Waals surface area contributed by atoms with Gasteiger partial charge in [0.15, 0.2) is 5.82 Å². The summed E-state index contributed by atoms with van der Waals surface area (Å²) < 4.78 is 14.0. The first-order valence-electron chi connectivity index (χ1n) is 11.2. The average Bonchev–Trinajstić information content (AvgIpc) is 3.38. The molecule has 5 atom stereocenters. The van der Waals surface area contributed by atoms with Gasteiger partial charge in [0.1, 0.15) is 5.56 Å². The van der Waals surface area contributed by atoms with Crippen LogP contribution in [-0.4, -0.2) is 69.1 Å². The SMILES string of the molecule is COCCOCCn1ncc(C(=O)NC2[C@@H]3CC4C[C@H]2CC(O)(C4)C3)c1-n1cccn1.